The number of carbonyl (C=O) groups is 2. The Labute approximate surface area is 108 Å². The van der Waals surface area contributed by atoms with Gasteiger partial charge in [-0.3, -0.25) is 14.9 Å². The van der Waals surface area contributed by atoms with E-state index in [4.69, 9.17) is 16.3 Å². The number of aliphatic hydroxyl groups is 2. The van der Waals surface area contributed by atoms with Crippen molar-refractivity contribution in [1.82, 2.24) is 10.2 Å². The van der Waals surface area contributed by atoms with E-state index in [1.165, 1.54) is 0 Å². The van der Waals surface area contributed by atoms with Crippen LogP contribution in [0.1, 0.15) is 0 Å². The Balaban J connectivity index is 2.22. The second-order valence-corrected chi connectivity index (χ2v) is 4.34. The lowest BCUT2D eigenvalue weighted by Gasteiger charge is -2.35. The molecule has 2 aliphatic rings. The number of rotatable bonds is 2. The summed E-state index contributed by atoms with van der Waals surface area (Å²) in [5.41, 5.74) is 0. The number of hydrogen-bond acceptors (Lipinski definition) is 6. The smallest absolute Gasteiger partial charge is 0.256 e. The molecule has 2 heterocycles. The van der Waals surface area contributed by atoms with Crippen molar-refractivity contribution in [2.45, 2.75) is 30.6 Å². The van der Waals surface area contributed by atoms with E-state index in [1.807, 2.05) is 5.32 Å². The summed E-state index contributed by atoms with van der Waals surface area (Å²) in [6.45, 7) is -0.899. The Bertz CT molecular complexity index is 437. The average molecular weight is 272 g/mol. The number of hydrogen-bond donors (Lipinski definition) is 3. The highest BCUT2D eigenvalue weighted by Gasteiger charge is 2.50. The van der Waals surface area contributed by atoms with Crippen LogP contribution in [0, 0.1) is 12.3 Å². The van der Waals surface area contributed by atoms with Crippen molar-refractivity contribution in [3.05, 3.63) is 0 Å². The van der Waals surface area contributed by atoms with E-state index < -0.39 is 49.1 Å². The highest BCUT2D eigenvalue weighted by Crippen LogP contribution is 2.28. The third kappa shape index (κ3) is 2.33. The maximum atomic E-state index is 13.9. The van der Waals surface area contributed by atoms with Crippen molar-refractivity contribution >= 4 is 11.8 Å². The van der Waals surface area contributed by atoms with Crippen LogP contribution in [0.3, 0.4) is 0 Å². The number of ether oxygens (including phenoxy) is 1. The number of amides is 2. The van der Waals surface area contributed by atoms with Gasteiger partial charge in [-0.2, -0.15) is 0 Å². The summed E-state index contributed by atoms with van der Waals surface area (Å²) in [6, 6.07) is -1.16. The average Bonchev–Trinajstić information content (AvgIpc) is 2.65. The molecule has 0 aromatic rings. The second kappa shape index (κ2) is 5.22. The Kier molecular flexibility index (Phi) is 3.82. The molecule has 0 saturated carbocycles. The molecule has 8 heteroatoms. The van der Waals surface area contributed by atoms with Gasteiger partial charge in [-0.25, -0.2) is 9.29 Å². The molecule has 3 N–H and O–H groups in total. The van der Waals surface area contributed by atoms with Crippen molar-refractivity contribution in [3.8, 4) is 12.3 Å². The fraction of sp³-hybridized carbons (Fsp3) is 0.636. The minimum Gasteiger partial charge on any atom is -0.394 e. The van der Waals surface area contributed by atoms with E-state index in [-0.39, 0.29) is 6.54 Å². The summed E-state index contributed by atoms with van der Waals surface area (Å²) in [5, 5.41) is 20.5. The molecule has 2 saturated heterocycles. The Morgan fingerprint density at radius 3 is 2.79 bits per heavy atom. The Morgan fingerprint density at radius 2 is 2.26 bits per heavy atom. The molecule has 2 fully saturated rings. The molecule has 19 heavy (non-hydrogen) atoms. The van der Waals surface area contributed by atoms with Crippen LogP contribution in [-0.2, 0) is 14.3 Å². The van der Waals surface area contributed by atoms with Crippen LogP contribution < -0.4 is 5.32 Å². The van der Waals surface area contributed by atoms with Gasteiger partial charge in [-0.15, -0.1) is 6.42 Å². The van der Waals surface area contributed by atoms with Crippen molar-refractivity contribution in [2.75, 3.05) is 13.2 Å². The molecule has 0 aromatic carbocycles. The molecule has 0 aliphatic carbocycles. The van der Waals surface area contributed by atoms with Crippen molar-refractivity contribution in [2.24, 2.45) is 0 Å². The number of terminal acetylenes is 1. The molecule has 2 amide bonds. The summed E-state index contributed by atoms with van der Waals surface area (Å²) < 4.78 is 19.1. The zero-order valence-corrected chi connectivity index (χ0v) is 9.82. The third-order valence-electron chi connectivity index (χ3n) is 3.13. The van der Waals surface area contributed by atoms with E-state index in [0.29, 0.717) is 0 Å². The lowest BCUT2D eigenvalue weighted by Crippen LogP contribution is -2.62. The molecule has 104 valence electrons. The quantitative estimate of drug-likeness (QED) is 0.375. The topological polar surface area (TPSA) is 99.1 Å². The Morgan fingerprint density at radius 1 is 1.58 bits per heavy atom. The second-order valence-electron chi connectivity index (χ2n) is 4.34. The summed E-state index contributed by atoms with van der Waals surface area (Å²) in [5.74, 6) is 0.771. The number of alkyl halides is 1. The van der Waals surface area contributed by atoms with E-state index in [2.05, 4.69) is 5.92 Å². The number of carbonyl (C=O) groups excluding carboxylic acids is 2. The highest BCUT2D eigenvalue weighted by molar-refractivity contribution is 6.02. The van der Waals surface area contributed by atoms with E-state index in [9.17, 15) is 19.1 Å². The minimum atomic E-state index is -1.87. The van der Waals surface area contributed by atoms with Gasteiger partial charge in [0.1, 0.15) is 18.4 Å². The largest absolute Gasteiger partial charge is 0.394 e. The zero-order chi connectivity index (χ0) is 14.2. The number of imide groups is 1. The van der Waals surface area contributed by atoms with Gasteiger partial charge < -0.3 is 14.9 Å². The molecule has 0 bridgehead atoms. The number of nitrogens with zero attached hydrogens (tertiary/aromatic N) is 1. The van der Waals surface area contributed by atoms with Gasteiger partial charge in [0.15, 0.2) is 12.2 Å². The SMILES string of the molecule is C#CC1C(=O)NC(=O)CN1[C@@H]1O[C@H](CO)C(O)[C@@H]1F. The molecule has 0 aromatic heterocycles. The van der Waals surface area contributed by atoms with Crippen LogP contribution in [0.15, 0.2) is 0 Å². The number of halogens is 1. The Hall–Kier alpha value is -1.53. The predicted molar refractivity (Wildman–Crippen MR) is 59.1 cm³/mol. The molecule has 2 rings (SSSR count). The number of piperazine rings is 1. The predicted octanol–water partition coefficient (Wildman–Crippen LogP) is -2.64. The molecule has 0 radical (unpaired) electrons. The van der Waals surface area contributed by atoms with Crippen LogP contribution in [0.5, 0.6) is 0 Å². The summed E-state index contributed by atoms with van der Waals surface area (Å²) in [6.07, 6.45) is -0.669. The summed E-state index contributed by atoms with van der Waals surface area (Å²) in [4.78, 5) is 23.9. The van der Waals surface area contributed by atoms with Crippen LogP contribution in [0.25, 0.3) is 0 Å². The normalized spacial score (nSPS) is 40.0. The fourth-order valence-electron chi connectivity index (χ4n) is 2.18. The third-order valence-corrected chi connectivity index (χ3v) is 3.13. The molecule has 2 unspecified atom stereocenters. The fourth-order valence-corrected chi connectivity index (χ4v) is 2.18. The van der Waals surface area contributed by atoms with E-state index in [0.717, 1.165) is 4.90 Å². The van der Waals surface area contributed by atoms with Gasteiger partial charge in [0.2, 0.25) is 5.91 Å². The first kappa shape index (κ1) is 13.9. The van der Waals surface area contributed by atoms with Gasteiger partial charge in [0.05, 0.1) is 13.2 Å². The first-order valence-corrected chi connectivity index (χ1v) is 5.63. The molecular formula is C11H13FN2O5. The maximum Gasteiger partial charge on any atom is 0.256 e. The maximum absolute atomic E-state index is 13.9. The summed E-state index contributed by atoms with van der Waals surface area (Å²) in [7, 11) is 0. The molecule has 0 spiro atoms. The van der Waals surface area contributed by atoms with Gasteiger partial charge in [-0.05, 0) is 0 Å². The lowest BCUT2D eigenvalue weighted by molar-refractivity contribution is -0.151. The standard InChI is InChI=1S/C11H13FN2O5/c1-2-5-10(18)13-7(16)3-14(5)11-8(12)9(17)6(4-15)19-11/h1,5-6,8-9,11,15,17H,3-4H2,(H,13,16,18)/t5?,6-,8+,9?,11-/m1/s1. The zero-order valence-electron chi connectivity index (χ0n) is 9.82. The number of aliphatic hydroxyl groups excluding tert-OH is 2. The first-order valence-electron chi connectivity index (χ1n) is 5.63. The molecule has 5 atom stereocenters. The van der Waals surface area contributed by atoms with Gasteiger partial charge >= 0.3 is 0 Å². The minimum absolute atomic E-state index is 0.323. The van der Waals surface area contributed by atoms with Crippen molar-refractivity contribution in [1.29, 1.82) is 0 Å². The first-order chi connectivity index (χ1) is 8.99. The van der Waals surface area contributed by atoms with Crippen LogP contribution in [-0.4, -0.2) is 70.7 Å². The van der Waals surface area contributed by atoms with Crippen molar-refractivity contribution < 1.29 is 28.9 Å². The van der Waals surface area contributed by atoms with Crippen LogP contribution in [0.2, 0.25) is 0 Å². The van der Waals surface area contributed by atoms with Crippen LogP contribution >= 0.6 is 0 Å². The van der Waals surface area contributed by atoms with Gasteiger partial charge in [0.25, 0.3) is 5.91 Å². The number of nitrogens with one attached hydrogen (secondary N) is 1. The molecule has 2 aliphatic heterocycles. The van der Waals surface area contributed by atoms with E-state index in [1.54, 1.807) is 0 Å². The van der Waals surface area contributed by atoms with Gasteiger partial charge in [-0.1, -0.05) is 5.92 Å². The van der Waals surface area contributed by atoms with Crippen molar-refractivity contribution in [3.63, 3.8) is 0 Å². The van der Waals surface area contributed by atoms with Crippen LogP contribution in [0.4, 0.5) is 4.39 Å². The van der Waals surface area contributed by atoms with Gasteiger partial charge in [0, 0.05) is 0 Å². The summed E-state index contributed by atoms with van der Waals surface area (Å²) >= 11 is 0. The molecule has 7 nitrogen and oxygen atoms in total. The molecular weight excluding hydrogens is 259 g/mol. The lowest BCUT2D eigenvalue weighted by atomic mass is 10.1. The van der Waals surface area contributed by atoms with E-state index >= 15 is 0 Å². The monoisotopic (exact) mass is 272 g/mol. The highest BCUT2D eigenvalue weighted by atomic mass is 19.1.